The molecule has 0 radical (unpaired) electrons. The molecule has 0 atom stereocenters. The molecule has 0 unspecified atom stereocenters. The first-order chi connectivity index (χ1) is 4.41. The predicted molar refractivity (Wildman–Crippen MR) is 33.9 cm³/mol. The summed E-state index contributed by atoms with van der Waals surface area (Å²) in [5.74, 6) is 0. The molecule has 46 valence electrons. The van der Waals surface area contributed by atoms with Crippen LogP contribution in [0.25, 0.3) is 0 Å². The van der Waals surface area contributed by atoms with E-state index in [0.29, 0.717) is 12.6 Å². The van der Waals surface area contributed by atoms with Crippen molar-refractivity contribution < 1.29 is 9.59 Å². The van der Waals surface area contributed by atoms with Gasteiger partial charge in [0.15, 0.2) is 6.29 Å². The van der Waals surface area contributed by atoms with E-state index in [1.165, 1.54) is 24.3 Å². The minimum atomic E-state index is 0.616. The lowest BCUT2D eigenvalue weighted by Gasteiger charge is -1.60. The van der Waals surface area contributed by atoms with Crippen LogP contribution in [0.1, 0.15) is 0 Å². The van der Waals surface area contributed by atoms with Gasteiger partial charge in [0.1, 0.15) is 6.29 Å². The highest BCUT2D eigenvalue weighted by molar-refractivity contribution is 5.66. The molecule has 0 aromatic carbocycles. The average Bonchev–Trinajstić information content (AvgIpc) is 1.89. The molecule has 0 saturated heterocycles. The molecule has 2 nitrogen and oxygen atoms in total. The Labute approximate surface area is 53.2 Å². The van der Waals surface area contributed by atoms with Crippen molar-refractivity contribution in [3.05, 3.63) is 30.0 Å². The van der Waals surface area contributed by atoms with Gasteiger partial charge < -0.3 is 0 Å². The highest BCUT2D eigenvalue weighted by Gasteiger charge is 1.58. The van der Waals surface area contributed by atoms with E-state index >= 15 is 0 Å². The number of carbonyl (C=O) groups excluding carboxylic acids is 2. The molecule has 0 aliphatic carbocycles. The van der Waals surface area contributed by atoms with Gasteiger partial charge >= 0.3 is 0 Å². The van der Waals surface area contributed by atoms with Crippen LogP contribution in [0.2, 0.25) is 0 Å². The second-order valence-electron chi connectivity index (χ2n) is 1.16. The van der Waals surface area contributed by atoms with Gasteiger partial charge in [-0.2, -0.15) is 0 Å². The zero-order valence-corrected chi connectivity index (χ0v) is 4.78. The van der Waals surface area contributed by atoms with Gasteiger partial charge in [0, 0.05) is 6.08 Å². The maximum absolute atomic E-state index is 9.62. The molecule has 0 aromatic heterocycles. The Kier molecular flexibility index (Phi) is 5.57. The first kappa shape index (κ1) is 7.60. The Balaban J connectivity index is 3.71. The van der Waals surface area contributed by atoms with E-state index in [1.807, 2.05) is 0 Å². The summed E-state index contributed by atoms with van der Waals surface area (Å²) in [6.45, 7) is 0. The molecule has 9 heavy (non-hydrogen) atoms. The Bertz CT molecular complexity index is 171. The summed E-state index contributed by atoms with van der Waals surface area (Å²) in [6.07, 6.45) is 6.76. The molecule has 0 aliphatic rings. The smallest absolute Gasteiger partial charge is 0.150 e. The minimum absolute atomic E-state index is 0.616. The van der Waals surface area contributed by atoms with Crippen LogP contribution >= 0.6 is 0 Å². The first-order valence-electron chi connectivity index (χ1n) is 2.38. The van der Waals surface area contributed by atoms with Crippen LogP contribution in [0, 0.1) is 0 Å². The normalized spacial score (nSPS) is 8.00. The molecule has 0 bridgehead atoms. The maximum atomic E-state index is 9.62. The molecule has 0 fully saturated rings. The van der Waals surface area contributed by atoms with Crippen LogP contribution in [0.15, 0.2) is 30.0 Å². The van der Waals surface area contributed by atoms with Gasteiger partial charge in [0.05, 0.1) is 0 Å². The average molecular weight is 122 g/mol. The number of aldehydes is 2. The number of allylic oxidation sites excluding steroid dienone is 3. The number of hydrogen-bond acceptors (Lipinski definition) is 2. The third-order valence-corrected chi connectivity index (χ3v) is 0.546. The Hall–Kier alpha value is -1.40. The van der Waals surface area contributed by atoms with E-state index in [9.17, 15) is 9.59 Å². The van der Waals surface area contributed by atoms with Gasteiger partial charge in [-0.1, -0.05) is 6.08 Å². The molecule has 0 aliphatic heterocycles. The third kappa shape index (κ3) is 6.60. The largest absolute Gasteiger partial charge is 0.299 e. The van der Waals surface area contributed by atoms with Crippen molar-refractivity contribution in [2.45, 2.75) is 0 Å². The van der Waals surface area contributed by atoms with Crippen molar-refractivity contribution in [1.29, 1.82) is 0 Å². The van der Waals surface area contributed by atoms with Crippen molar-refractivity contribution in [2.75, 3.05) is 0 Å². The van der Waals surface area contributed by atoms with Crippen molar-refractivity contribution in [2.24, 2.45) is 0 Å². The molecule has 2 heteroatoms. The summed E-state index contributed by atoms with van der Waals surface area (Å²) < 4.78 is 0. The number of rotatable bonds is 3. The minimum Gasteiger partial charge on any atom is -0.299 e. The zero-order chi connectivity index (χ0) is 6.95. The molecule has 0 spiro atoms. The highest BCUT2D eigenvalue weighted by Crippen LogP contribution is 1.68. The Morgan fingerprint density at radius 2 is 1.67 bits per heavy atom. The summed E-state index contributed by atoms with van der Waals surface area (Å²) in [7, 11) is 0. The molecule has 0 heterocycles. The van der Waals surface area contributed by atoms with Gasteiger partial charge in [-0.15, -0.1) is 5.73 Å². The van der Waals surface area contributed by atoms with Crippen LogP contribution in [0.5, 0.6) is 0 Å². The van der Waals surface area contributed by atoms with E-state index in [-0.39, 0.29) is 0 Å². The van der Waals surface area contributed by atoms with Crippen molar-refractivity contribution in [1.82, 2.24) is 0 Å². The standard InChI is InChI=1S/C7H6O2/c8-6-4-2-1-3-5-7-9/h1-2,4-7H. The van der Waals surface area contributed by atoms with Crippen LogP contribution in [0.3, 0.4) is 0 Å². The van der Waals surface area contributed by atoms with Crippen molar-refractivity contribution in [3.63, 3.8) is 0 Å². The van der Waals surface area contributed by atoms with E-state index in [4.69, 9.17) is 0 Å². The molecule has 0 aromatic rings. The van der Waals surface area contributed by atoms with E-state index in [0.717, 1.165) is 0 Å². The molecule has 0 rings (SSSR count). The second kappa shape index (κ2) is 6.60. The van der Waals surface area contributed by atoms with E-state index in [2.05, 4.69) is 5.73 Å². The second-order valence-corrected chi connectivity index (χ2v) is 1.16. The quantitative estimate of drug-likeness (QED) is 0.238. The molecule has 0 saturated carbocycles. The lowest BCUT2D eigenvalue weighted by atomic mass is 10.5. The highest BCUT2D eigenvalue weighted by atomic mass is 16.1. The fraction of sp³-hybridized carbons (Fsp3) is 0. The SMILES string of the molecule is O=CC=C=CC=CC=O. The Morgan fingerprint density at radius 3 is 2.22 bits per heavy atom. The number of carbonyl (C=O) groups is 2. The predicted octanol–water partition coefficient (Wildman–Crippen LogP) is 0.652. The lowest BCUT2D eigenvalue weighted by molar-refractivity contribution is -0.104. The van der Waals surface area contributed by atoms with Crippen LogP contribution in [0.4, 0.5) is 0 Å². The van der Waals surface area contributed by atoms with Crippen molar-refractivity contribution >= 4 is 12.6 Å². The molecular formula is C7H6O2. The van der Waals surface area contributed by atoms with Crippen LogP contribution in [-0.4, -0.2) is 12.6 Å². The van der Waals surface area contributed by atoms with Gasteiger partial charge in [-0.3, -0.25) is 9.59 Å². The monoisotopic (exact) mass is 122 g/mol. The van der Waals surface area contributed by atoms with Gasteiger partial charge in [-0.05, 0) is 12.2 Å². The molecule has 0 amide bonds. The van der Waals surface area contributed by atoms with Gasteiger partial charge in [0.25, 0.3) is 0 Å². The zero-order valence-electron chi connectivity index (χ0n) is 4.78. The van der Waals surface area contributed by atoms with E-state index in [1.54, 1.807) is 0 Å². The Morgan fingerprint density at radius 1 is 0.889 bits per heavy atom. The summed E-state index contributed by atoms with van der Waals surface area (Å²) in [5.41, 5.74) is 2.51. The molecular weight excluding hydrogens is 116 g/mol. The fourth-order valence-corrected chi connectivity index (χ4v) is 0.251. The fourth-order valence-electron chi connectivity index (χ4n) is 0.251. The van der Waals surface area contributed by atoms with E-state index < -0.39 is 0 Å². The molecule has 0 N–H and O–H groups in total. The van der Waals surface area contributed by atoms with Gasteiger partial charge in [-0.25, -0.2) is 0 Å². The maximum Gasteiger partial charge on any atom is 0.150 e. The van der Waals surface area contributed by atoms with Crippen LogP contribution < -0.4 is 0 Å². The first-order valence-corrected chi connectivity index (χ1v) is 2.38. The lowest BCUT2D eigenvalue weighted by Crippen LogP contribution is -1.55. The summed E-state index contributed by atoms with van der Waals surface area (Å²) in [5, 5.41) is 0. The number of hydrogen-bond donors (Lipinski definition) is 0. The third-order valence-electron chi connectivity index (χ3n) is 0.546. The topological polar surface area (TPSA) is 34.1 Å². The van der Waals surface area contributed by atoms with Crippen molar-refractivity contribution in [3.8, 4) is 0 Å². The summed E-state index contributed by atoms with van der Waals surface area (Å²) in [6, 6.07) is 0. The van der Waals surface area contributed by atoms with Crippen LogP contribution in [-0.2, 0) is 9.59 Å². The van der Waals surface area contributed by atoms with Gasteiger partial charge in [0.2, 0.25) is 0 Å². The summed E-state index contributed by atoms with van der Waals surface area (Å²) in [4.78, 5) is 19.2. The summed E-state index contributed by atoms with van der Waals surface area (Å²) >= 11 is 0.